The van der Waals surface area contributed by atoms with E-state index in [1.807, 2.05) is 18.2 Å². The number of esters is 1. The van der Waals surface area contributed by atoms with E-state index >= 15 is 0 Å². The standard InChI is InChI=1S/C22H23N3O4/c1-27-15-4-6-19-17(12-15)18(13-23-19)14-8-10-25(11-9-14)20-7-5-16(22(26)29-3)21(24-20)28-2/h4-8,12-13,23H,9-11H2,1-3H3. The molecule has 0 saturated carbocycles. The maximum Gasteiger partial charge on any atom is 0.343 e. The lowest BCUT2D eigenvalue weighted by atomic mass is 9.99. The summed E-state index contributed by atoms with van der Waals surface area (Å²) in [5, 5.41) is 1.16. The number of H-pyrrole nitrogens is 1. The third-order valence-corrected chi connectivity index (χ3v) is 5.21. The van der Waals surface area contributed by atoms with Crippen LogP contribution in [-0.2, 0) is 4.74 Å². The molecule has 2 aromatic heterocycles. The van der Waals surface area contributed by atoms with Crippen molar-refractivity contribution in [3.05, 3.63) is 53.7 Å². The molecule has 0 unspecified atom stereocenters. The minimum atomic E-state index is -0.462. The number of nitrogens with one attached hydrogen (secondary N) is 1. The number of methoxy groups -OCH3 is 3. The quantitative estimate of drug-likeness (QED) is 0.667. The molecule has 3 aromatic rings. The Morgan fingerprint density at radius 2 is 2.00 bits per heavy atom. The molecule has 150 valence electrons. The van der Waals surface area contributed by atoms with Crippen molar-refractivity contribution in [2.75, 3.05) is 39.3 Å². The Kier molecular flexibility index (Phi) is 5.12. The van der Waals surface area contributed by atoms with E-state index in [1.165, 1.54) is 25.4 Å². The molecule has 1 N–H and O–H groups in total. The van der Waals surface area contributed by atoms with Crippen molar-refractivity contribution in [1.29, 1.82) is 0 Å². The largest absolute Gasteiger partial charge is 0.497 e. The van der Waals surface area contributed by atoms with Crippen LogP contribution in [0.4, 0.5) is 5.82 Å². The van der Waals surface area contributed by atoms with Crippen molar-refractivity contribution in [2.24, 2.45) is 0 Å². The third kappa shape index (κ3) is 3.51. The van der Waals surface area contributed by atoms with Gasteiger partial charge < -0.3 is 24.1 Å². The van der Waals surface area contributed by atoms with Crippen LogP contribution in [0.25, 0.3) is 16.5 Å². The molecule has 0 saturated heterocycles. The summed E-state index contributed by atoms with van der Waals surface area (Å²) < 4.78 is 15.4. The highest BCUT2D eigenvalue weighted by atomic mass is 16.5. The second-order valence-corrected chi connectivity index (χ2v) is 6.76. The molecule has 4 rings (SSSR count). The van der Waals surface area contributed by atoms with E-state index in [1.54, 1.807) is 13.2 Å². The van der Waals surface area contributed by atoms with Crippen LogP contribution in [0.2, 0.25) is 0 Å². The first-order valence-corrected chi connectivity index (χ1v) is 9.37. The van der Waals surface area contributed by atoms with Gasteiger partial charge in [-0.05, 0) is 42.3 Å². The molecule has 0 atom stereocenters. The summed E-state index contributed by atoms with van der Waals surface area (Å²) in [5.74, 6) is 1.42. The lowest BCUT2D eigenvalue weighted by Gasteiger charge is -2.28. The highest BCUT2D eigenvalue weighted by Crippen LogP contribution is 2.32. The zero-order valence-corrected chi connectivity index (χ0v) is 16.7. The topological polar surface area (TPSA) is 76.7 Å². The van der Waals surface area contributed by atoms with Crippen LogP contribution in [0.5, 0.6) is 11.6 Å². The Balaban J connectivity index is 1.58. The second kappa shape index (κ2) is 7.87. The number of anilines is 1. The molecule has 1 aromatic carbocycles. The number of nitrogens with zero attached hydrogens (tertiary/aromatic N) is 2. The molecule has 0 fully saturated rings. The van der Waals surface area contributed by atoms with Gasteiger partial charge in [0.25, 0.3) is 0 Å². The number of fused-ring (bicyclic) bond motifs is 1. The lowest BCUT2D eigenvalue weighted by Crippen LogP contribution is -2.29. The Morgan fingerprint density at radius 3 is 2.69 bits per heavy atom. The van der Waals surface area contributed by atoms with Gasteiger partial charge in [-0.2, -0.15) is 4.98 Å². The van der Waals surface area contributed by atoms with Crippen molar-refractivity contribution < 1.29 is 19.0 Å². The molecule has 1 aliphatic heterocycles. The first kappa shape index (κ1) is 18.9. The van der Waals surface area contributed by atoms with Gasteiger partial charge in [-0.1, -0.05) is 6.08 Å². The molecule has 0 spiro atoms. The highest BCUT2D eigenvalue weighted by Gasteiger charge is 2.20. The number of hydrogen-bond acceptors (Lipinski definition) is 6. The van der Waals surface area contributed by atoms with Gasteiger partial charge in [0.1, 0.15) is 17.1 Å². The summed E-state index contributed by atoms with van der Waals surface area (Å²) >= 11 is 0. The molecule has 7 nitrogen and oxygen atoms in total. The van der Waals surface area contributed by atoms with Gasteiger partial charge in [0, 0.05) is 35.8 Å². The van der Waals surface area contributed by atoms with Crippen molar-refractivity contribution in [1.82, 2.24) is 9.97 Å². The Hall–Kier alpha value is -3.48. The minimum Gasteiger partial charge on any atom is -0.497 e. The molecular weight excluding hydrogens is 370 g/mol. The van der Waals surface area contributed by atoms with Gasteiger partial charge in [-0.15, -0.1) is 0 Å². The van der Waals surface area contributed by atoms with Crippen LogP contribution < -0.4 is 14.4 Å². The normalized spacial score (nSPS) is 13.9. The fourth-order valence-electron chi connectivity index (χ4n) is 3.64. The number of carbonyl (C=O) groups excluding carboxylic acids is 1. The molecule has 0 aliphatic carbocycles. The predicted molar refractivity (Wildman–Crippen MR) is 112 cm³/mol. The fourth-order valence-corrected chi connectivity index (χ4v) is 3.64. The van der Waals surface area contributed by atoms with E-state index in [0.29, 0.717) is 5.56 Å². The lowest BCUT2D eigenvalue weighted by molar-refractivity contribution is 0.0596. The van der Waals surface area contributed by atoms with E-state index in [2.05, 4.69) is 33.2 Å². The highest BCUT2D eigenvalue weighted by molar-refractivity contribution is 5.94. The van der Waals surface area contributed by atoms with Crippen LogP contribution in [0.15, 0.2) is 42.6 Å². The van der Waals surface area contributed by atoms with E-state index in [4.69, 9.17) is 14.2 Å². The SMILES string of the molecule is COC(=O)c1ccc(N2CC=C(c3c[nH]c4ccc(OC)cc34)CC2)nc1OC. The maximum atomic E-state index is 11.8. The minimum absolute atomic E-state index is 0.271. The van der Waals surface area contributed by atoms with E-state index in [0.717, 1.165) is 42.0 Å². The molecule has 3 heterocycles. The Bertz CT molecular complexity index is 1090. The summed E-state index contributed by atoms with van der Waals surface area (Å²) in [5.41, 5.74) is 3.90. The zero-order chi connectivity index (χ0) is 20.4. The van der Waals surface area contributed by atoms with Crippen molar-refractivity contribution >= 4 is 28.3 Å². The number of aromatic nitrogens is 2. The fraction of sp³-hybridized carbons (Fsp3) is 0.273. The Morgan fingerprint density at radius 1 is 1.14 bits per heavy atom. The number of aromatic amines is 1. The summed E-state index contributed by atoms with van der Waals surface area (Å²) in [6, 6.07) is 9.57. The van der Waals surface area contributed by atoms with Crippen molar-refractivity contribution in [3.8, 4) is 11.6 Å². The van der Waals surface area contributed by atoms with Gasteiger partial charge >= 0.3 is 5.97 Å². The van der Waals surface area contributed by atoms with Gasteiger partial charge in [0.2, 0.25) is 5.88 Å². The van der Waals surface area contributed by atoms with Crippen LogP contribution >= 0.6 is 0 Å². The molecule has 1 aliphatic rings. The number of ether oxygens (including phenoxy) is 3. The van der Waals surface area contributed by atoms with Crippen LogP contribution in [0, 0.1) is 0 Å². The van der Waals surface area contributed by atoms with E-state index < -0.39 is 5.97 Å². The number of benzene rings is 1. The van der Waals surface area contributed by atoms with Gasteiger partial charge in [-0.25, -0.2) is 4.79 Å². The first-order valence-electron chi connectivity index (χ1n) is 9.37. The summed E-state index contributed by atoms with van der Waals surface area (Å²) in [7, 11) is 4.52. The number of pyridine rings is 1. The molecule has 0 bridgehead atoms. The molecule has 0 radical (unpaired) electrons. The summed E-state index contributed by atoms with van der Waals surface area (Å²) in [4.78, 5) is 21.8. The average molecular weight is 393 g/mol. The van der Waals surface area contributed by atoms with Gasteiger partial charge in [0.15, 0.2) is 0 Å². The number of hydrogen-bond donors (Lipinski definition) is 1. The maximum absolute atomic E-state index is 11.8. The van der Waals surface area contributed by atoms with Gasteiger partial charge in [0.05, 0.1) is 21.3 Å². The molecule has 7 heteroatoms. The molecular formula is C22H23N3O4. The predicted octanol–water partition coefficient (Wildman–Crippen LogP) is 3.66. The van der Waals surface area contributed by atoms with Crippen molar-refractivity contribution in [2.45, 2.75) is 6.42 Å². The molecule has 0 amide bonds. The zero-order valence-electron chi connectivity index (χ0n) is 16.7. The average Bonchev–Trinajstić information content (AvgIpc) is 3.21. The van der Waals surface area contributed by atoms with Crippen molar-refractivity contribution in [3.63, 3.8) is 0 Å². The Labute approximate surface area is 168 Å². The number of rotatable bonds is 5. The smallest absolute Gasteiger partial charge is 0.343 e. The van der Waals surface area contributed by atoms with Crippen LogP contribution in [0.1, 0.15) is 22.3 Å². The summed E-state index contributed by atoms with van der Waals surface area (Å²) in [6.07, 6.45) is 5.15. The third-order valence-electron chi connectivity index (χ3n) is 5.21. The monoisotopic (exact) mass is 393 g/mol. The summed E-state index contributed by atoms with van der Waals surface area (Å²) in [6.45, 7) is 1.54. The second-order valence-electron chi connectivity index (χ2n) is 6.76. The van der Waals surface area contributed by atoms with Gasteiger partial charge in [-0.3, -0.25) is 0 Å². The van der Waals surface area contributed by atoms with Crippen LogP contribution in [0.3, 0.4) is 0 Å². The van der Waals surface area contributed by atoms with E-state index in [9.17, 15) is 4.79 Å². The molecule has 29 heavy (non-hydrogen) atoms. The van der Waals surface area contributed by atoms with E-state index in [-0.39, 0.29) is 5.88 Å². The first-order chi connectivity index (χ1) is 14.1. The van der Waals surface area contributed by atoms with Crippen LogP contribution in [-0.4, -0.2) is 50.4 Å². The number of carbonyl (C=O) groups is 1.